The summed E-state index contributed by atoms with van der Waals surface area (Å²) in [7, 11) is 0. The first-order chi connectivity index (χ1) is 7.86. The van der Waals surface area contributed by atoms with Crippen LogP contribution in [0.2, 0.25) is 0 Å². The summed E-state index contributed by atoms with van der Waals surface area (Å²) in [6.45, 7) is 2.05. The van der Waals surface area contributed by atoms with Crippen LogP contribution in [-0.4, -0.2) is 23.9 Å². The van der Waals surface area contributed by atoms with Crippen LogP contribution in [0.4, 0.5) is 0 Å². The average Bonchev–Trinajstić information content (AvgIpc) is 2.53. The molecule has 0 unspecified atom stereocenters. The lowest BCUT2D eigenvalue weighted by atomic mass is 9.87. The van der Waals surface area contributed by atoms with Crippen molar-refractivity contribution in [1.82, 2.24) is 4.90 Å². The van der Waals surface area contributed by atoms with Crippen molar-refractivity contribution in [2.45, 2.75) is 64.2 Å². The lowest BCUT2D eigenvalue weighted by molar-refractivity contribution is -0.130. The molecule has 0 aromatic rings. The molecule has 1 saturated heterocycles. The summed E-state index contributed by atoms with van der Waals surface area (Å²) in [5, 5.41) is 0. The summed E-state index contributed by atoms with van der Waals surface area (Å²) in [5.74, 6) is 1.32. The molecule has 1 aliphatic heterocycles. The lowest BCUT2D eigenvalue weighted by Crippen LogP contribution is -2.32. The van der Waals surface area contributed by atoms with E-state index in [4.69, 9.17) is 0 Å². The molecule has 2 fully saturated rings. The van der Waals surface area contributed by atoms with Crippen LogP contribution < -0.4 is 0 Å². The van der Waals surface area contributed by atoms with E-state index in [9.17, 15) is 4.79 Å². The first-order valence-corrected chi connectivity index (χ1v) is 7.14. The monoisotopic (exact) mass is 223 g/mol. The fourth-order valence-electron chi connectivity index (χ4n) is 3.09. The van der Waals surface area contributed by atoms with Crippen LogP contribution in [0.3, 0.4) is 0 Å². The largest absolute Gasteiger partial charge is 0.343 e. The summed E-state index contributed by atoms with van der Waals surface area (Å²) in [6.07, 6.45) is 12.7. The summed E-state index contributed by atoms with van der Waals surface area (Å²) < 4.78 is 0. The number of rotatable bonds is 3. The Balaban J connectivity index is 1.72. The van der Waals surface area contributed by atoms with Crippen molar-refractivity contribution >= 4 is 5.91 Å². The molecule has 0 aromatic heterocycles. The highest BCUT2D eigenvalue weighted by molar-refractivity contribution is 5.76. The lowest BCUT2D eigenvalue weighted by Gasteiger charge is -2.26. The standard InChI is InChI=1S/C14H25NO/c16-14-9-5-2-6-11-15(14)12-10-13-7-3-1-4-8-13/h13H,1-12H2. The van der Waals surface area contributed by atoms with Gasteiger partial charge < -0.3 is 4.90 Å². The van der Waals surface area contributed by atoms with Gasteiger partial charge in [0.05, 0.1) is 0 Å². The molecule has 0 atom stereocenters. The second-order valence-corrected chi connectivity index (χ2v) is 5.48. The predicted octanol–water partition coefficient (Wildman–Crippen LogP) is 3.36. The van der Waals surface area contributed by atoms with Crippen LogP contribution in [-0.2, 0) is 4.79 Å². The van der Waals surface area contributed by atoms with Gasteiger partial charge in [0.2, 0.25) is 5.91 Å². The van der Waals surface area contributed by atoms with Crippen molar-refractivity contribution in [3.05, 3.63) is 0 Å². The number of carbonyl (C=O) groups excluding carboxylic acids is 1. The third-order valence-corrected chi connectivity index (χ3v) is 4.20. The van der Waals surface area contributed by atoms with Gasteiger partial charge in [0.1, 0.15) is 0 Å². The van der Waals surface area contributed by atoms with Gasteiger partial charge in [0.15, 0.2) is 0 Å². The highest BCUT2D eigenvalue weighted by Gasteiger charge is 2.19. The van der Waals surface area contributed by atoms with Crippen LogP contribution in [0.15, 0.2) is 0 Å². The number of hydrogen-bond donors (Lipinski definition) is 0. The van der Waals surface area contributed by atoms with E-state index in [2.05, 4.69) is 4.90 Å². The van der Waals surface area contributed by atoms with Gasteiger partial charge in [-0.1, -0.05) is 38.5 Å². The smallest absolute Gasteiger partial charge is 0.222 e. The van der Waals surface area contributed by atoms with E-state index in [0.717, 1.165) is 31.8 Å². The van der Waals surface area contributed by atoms with E-state index >= 15 is 0 Å². The first kappa shape index (κ1) is 11.9. The van der Waals surface area contributed by atoms with E-state index in [1.807, 2.05) is 0 Å². The molecule has 2 heteroatoms. The second-order valence-electron chi connectivity index (χ2n) is 5.48. The van der Waals surface area contributed by atoms with Gasteiger partial charge in [-0.15, -0.1) is 0 Å². The van der Waals surface area contributed by atoms with Gasteiger partial charge in [0.25, 0.3) is 0 Å². The molecule has 1 amide bonds. The first-order valence-electron chi connectivity index (χ1n) is 7.14. The highest BCUT2D eigenvalue weighted by Crippen LogP contribution is 2.26. The van der Waals surface area contributed by atoms with E-state index < -0.39 is 0 Å². The van der Waals surface area contributed by atoms with Gasteiger partial charge in [-0.3, -0.25) is 4.79 Å². The number of nitrogens with zero attached hydrogens (tertiary/aromatic N) is 1. The number of carbonyl (C=O) groups is 1. The molecule has 16 heavy (non-hydrogen) atoms. The SMILES string of the molecule is O=C1CCCCCN1CCC1CCCCC1. The van der Waals surface area contributed by atoms with Crippen molar-refractivity contribution in [3.63, 3.8) is 0 Å². The third-order valence-electron chi connectivity index (χ3n) is 4.20. The molecule has 2 nitrogen and oxygen atoms in total. The zero-order valence-corrected chi connectivity index (χ0v) is 10.4. The highest BCUT2D eigenvalue weighted by atomic mass is 16.2. The Bertz CT molecular complexity index is 221. The summed E-state index contributed by atoms with van der Waals surface area (Å²) in [4.78, 5) is 13.9. The van der Waals surface area contributed by atoms with Gasteiger partial charge >= 0.3 is 0 Å². The Kier molecular flexibility index (Phi) is 4.68. The molecular weight excluding hydrogens is 198 g/mol. The topological polar surface area (TPSA) is 20.3 Å². The van der Waals surface area contributed by atoms with Crippen molar-refractivity contribution in [2.24, 2.45) is 5.92 Å². The van der Waals surface area contributed by atoms with Gasteiger partial charge in [-0.25, -0.2) is 0 Å². The van der Waals surface area contributed by atoms with Gasteiger partial charge in [-0.05, 0) is 25.2 Å². The van der Waals surface area contributed by atoms with Gasteiger partial charge in [0, 0.05) is 19.5 Å². The van der Waals surface area contributed by atoms with E-state index in [-0.39, 0.29) is 0 Å². The maximum atomic E-state index is 11.8. The van der Waals surface area contributed by atoms with E-state index in [1.165, 1.54) is 51.4 Å². The zero-order chi connectivity index (χ0) is 11.2. The van der Waals surface area contributed by atoms with Crippen molar-refractivity contribution in [1.29, 1.82) is 0 Å². The normalized spacial score (nSPS) is 24.5. The number of hydrogen-bond acceptors (Lipinski definition) is 1. The predicted molar refractivity (Wildman–Crippen MR) is 66.2 cm³/mol. The molecule has 1 aliphatic carbocycles. The molecule has 2 aliphatic rings. The second kappa shape index (κ2) is 6.27. The van der Waals surface area contributed by atoms with E-state index in [0.29, 0.717) is 5.91 Å². The minimum Gasteiger partial charge on any atom is -0.343 e. The Morgan fingerprint density at radius 3 is 2.56 bits per heavy atom. The molecule has 1 heterocycles. The Morgan fingerprint density at radius 1 is 1.00 bits per heavy atom. The summed E-state index contributed by atoms with van der Waals surface area (Å²) >= 11 is 0. The van der Waals surface area contributed by atoms with Crippen molar-refractivity contribution in [2.75, 3.05) is 13.1 Å². The van der Waals surface area contributed by atoms with Crippen LogP contribution in [0.25, 0.3) is 0 Å². The fourth-order valence-corrected chi connectivity index (χ4v) is 3.09. The zero-order valence-electron chi connectivity index (χ0n) is 10.4. The summed E-state index contributed by atoms with van der Waals surface area (Å²) in [5.41, 5.74) is 0. The van der Waals surface area contributed by atoms with Crippen LogP contribution in [0.5, 0.6) is 0 Å². The average molecular weight is 223 g/mol. The van der Waals surface area contributed by atoms with Crippen molar-refractivity contribution in [3.8, 4) is 0 Å². The quantitative estimate of drug-likeness (QED) is 0.718. The van der Waals surface area contributed by atoms with Crippen LogP contribution in [0, 0.1) is 5.92 Å². The molecule has 2 rings (SSSR count). The number of likely N-dealkylation sites (tertiary alicyclic amines) is 1. The van der Waals surface area contributed by atoms with Crippen LogP contribution >= 0.6 is 0 Å². The minimum atomic E-state index is 0.410. The Morgan fingerprint density at radius 2 is 1.75 bits per heavy atom. The molecule has 0 spiro atoms. The van der Waals surface area contributed by atoms with Crippen molar-refractivity contribution < 1.29 is 4.79 Å². The maximum absolute atomic E-state index is 11.8. The Labute approximate surface area is 99.4 Å². The van der Waals surface area contributed by atoms with Gasteiger partial charge in [-0.2, -0.15) is 0 Å². The molecular formula is C14H25NO. The summed E-state index contributed by atoms with van der Waals surface area (Å²) in [6, 6.07) is 0. The number of amides is 1. The molecule has 1 saturated carbocycles. The molecule has 0 N–H and O–H groups in total. The van der Waals surface area contributed by atoms with E-state index in [1.54, 1.807) is 0 Å². The molecule has 0 radical (unpaired) electrons. The maximum Gasteiger partial charge on any atom is 0.222 e. The minimum absolute atomic E-state index is 0.410. The molecule has 92 valence electrons. The third kappa shape index (κ3) is 3.50. The fraction of sp³-hybridized carbons (Fsp3) is 0.929. The Hall–Kier alpha value is -0.530. The van der Waals surface area contributed by atoms with Crippen LogP contribution in [0.1, 0.15) is 64.2 Å². The molecule has 0 bridgehead atoms. The molecule has 0 aromatic carbocycles.